The second kappa shape index (κ2) is 4.75. The topological polar surface area (TPSA) is 35.0 Å². The SMILES string of the molecule is Clc1cnncc1OCc1ccccc1. The molecule has 1 aromatic heterocycles. The van der Waals surface area contributed by atoms with E-state index in [1.54, 1.807) is 0 Å². The summed E-state index contributed by atoms with van der Waals surface area (Å²) >= 11 is 5.86. The Morgan fingerprint density at radius 1 is 1.07 bits per heavy atom. The lowest BCUT2D eigenvalue weighted by atomic mass is 10.2. The molecule has 0 aliphatic carbocycles. The number of rotatable bonds is 3. The van der Waals surface area contributed by atoms with Gasteiger partial charge in [-0.25, -0.2) is 0 Å². The van der Waals surface area contributed by atoms with Crippen LogP contribution in [-0.4, -0.2) is 10.2 Å². The van der Waals surface area contributed by atoms with Gasteiger partial charge in [0.2, 0.25) is 0 Å². The van der Waals surface area contributed by atoms with Crippen molar-refractivity contribution in [3.8, 4) is 5.75 Å². The zero-order chi connectivity index (χ0) is 10.5. The molecule has 1 heterocycles. The van der Waals surface area contributed by atoms with E-state index in [0.29, 0.717) is 17.4 Å². The first kappa shape index (κ1) is 9.93. The summed E-state index contributed by atoms with van der Waals surface area (Å²) in [5.41, 5.74) is 1.09. The van der Waals surface area contributed by atoms with E-state index in [1.807, 2.05) is 30.3 Å². The van der Waals surface area contributed by atoms with Crippen molar-refractivity contribution in [2.45, 2.75) is 6.61 Å². The summed E-state index contributed by atoms with van der Waals surface area (Å²) in [6, 6.07) is 9.87. The van der Waals surface area contributed by atoms with Crippen LogP contribution in [0.5, 0.6) is 5.75 Å². The van der Waals surface area contributed by atoms with Gasteiger partial charge >= 0.3 is 0 Å². The highest BCUT2D eigenvalue weighted by Crippen LogP contribution is 2.21. The van der Waals surface area contributed by atoms with Crippen LogP contribution < -0.4 is 4.74 Å². The first-order valence-electron chi connectivity index (χ1n) is 4.49. The number of ether oxygens (including phenoxy) is 1. The normalized spacial score (nSPS) is 9.93. The summed E-state index contributed by atoms with van der Waals surface area (Å²) in [5.74, 6) is 0.551. The molecule has 76 valence electrons. The Labute approximate surface area is 92.7 Å². The molecule has 0 spiro atoms. The maximum atomic E-state index is 5.86. The molecular weight excluding hydrogens is 212 g/mol. The van der Waals surface area contributed by atoms with E-state index < -0.39 is 0 Å². The molecule has 3 nitrogen and oxygen atoms in total. The molecule has 0 N–H and O–H groups in total. The molecular formula is C11H9ClN2O. The fourth-order valence-electron chi connectivity index (χ4n) is 1.14. The Hall–Kier alpha value is -1.61. The van der Waals surface area contributed by atoms with Crippen LogP contribution >= 0.6 is 11.6 Å². The average molecular weight is 221 g/mol. The minimum atomic E-state index is 0.473. The Bertz CT molecular complexity index is 434. The molecule has 15 heavy (non-hydrogen) atoms. The Kier molecular flexibility index (Phi) is 3.15. The van der Waals surface area contributed by atoms with Crippen molar-refractivity contribution >= 4 is 11.6 Å². The van der Waals surface area contributed by atoms with E-state index in [1.165, 1.54) is 12.4 Å². The van der Waals surface area contributed by atoms with Crippen molar-refractivity contribution in [1.82, 2.24) is 10.2 Å². The number of hydrogen-bond donors (Lipinski definition) is 0. The summed E-state index contributed by atoms with van der Waals surface area (Å²) in [7, 11) is 0. The van der Waals surface area contributed by atoms with Crippen LogP contribution in [0.1, 0.15) is 5.56 Å². The minimum absolute atomic E-state index is 0.473. The zero-order valence-electron chi connectivity index (χ0n) is 7.93. The quantitative estimate of drug-likeness (QED) is 0.798. The van der Waals surface area contributed by atoms with E-state index in [2.05, 4.69) is 10.2 Å². The number of benzene rings is 1. The van der Waals surface area contributed by atoms with Gasteiger partial charge in [0, 0.05) is 0 Å². The van der Waals surface area contributed by atoms with Gasteiger partial charge < -0.3 is 4.74 Å². The van der Waals surface area contributed by atoms with Crippen molar-refractivity contribution in [3.05, 3.63) is 53.3 Å². The van der Waals surface area contributed by atoms with Gasteiger partial charge in [0.1, 0.15) is 11.6 Å². The van der Waals surface area contributed by atoms with Gasteiger partial charge in [0.05, 0.1) is 12.4 Å². The van der Waals surface area contributed by atoms with Gasteiger partial charge in [-0.1, -0.05) is 41.9 Å². The molecule has 0 unspecified atom stereocenters. The third kappa shape index (κ3) is 2.67. The lowest BCUT2D eigenvalue weighted by Gasteiger charge is -2.06. The highest BCUT2D eigenvalue weighted by Gasteiger charge is 2.01. The molecule has 0 saturated heterocycles. The van der Waals surface area contributed by atoms with Crippen LogP contribution in [0.4, 0.5) is 0 Å². The van der Waals surface area contributed by atoms with E-state index in [-0.39, 0.29) is 0 Å². The maximum Gasteiger partial charge on any atom is 0.160 e. The molecule has 2 rings (SSSR count). The van der Waals surface area contributed by atoms with Crippen LogP contribution in [0.3, 0.4) is 0 Å². The second-order valence-electron chi connectivity index (χ2n) is 2.98. The molecule has 4 heteroatoms. The third-order valence-corrected chi connectivity index (χ3v) is 2.17. The van der Waals surface area contributed by atoms with E-state index in [0.717, 1.165) is 5.56 Å². The van der Waals surface area contributed by atoms with Gasteiger partial charge in [-0.15, -0.1) is 0 Å². The average Bonchev–Trinajstić information content (AvgIpc) is 2.29. The monoisotopic (exact) mass is 220 g/mol. The first-order chi connectivity index (χ1) is 7.36. The van der Waals surface area contributed by atoms with Crippen molar-refractivity contribution in [2.24, 2.45) is 0 Å². The molecule has 0 atom stereocenters. The largest absolute Gasteiger partial charge is 0.486 e. The number of hydrogen-bond acceptors (Lipinski definition) is 3. The van der Waals surface area contributed by atoms with Crippen molar-refractivity contribution in [3.63, 3.8) is 0 Å². The molecule has 0 aliphatic heterocycles. The van der Waals surface area contributed by atoms with Crippen LogP contribution in [0.2, 0.25) is 5.02 Å². The summed E-state index contributed by atoms with van der Waals surface area (Å²) in [6.07, 6.45) is 2.97. The lowest BCUT2D eigenvalue weighted by Crippen LogP contribution is -1.96. The first-order valence-corrected chi connectivity index (χ1v) is 4.87. The smallest absolute Gasteiger partial charge is 0.160 e. The summed E-state index contributed by atoms with van der Waals surface area (Å²) in [5, 5.41) is 7.81. The van der Waals surface area contributed by atoms with E-state index in [4.69, 9.17) is 16.3 Å². The second-order valence-corrected chi connectivity index (χ2v) is 3.38. The Morgan fingerprint density at radius 3 is 2.53 bits per heavy atom. The van der Waals surface area contributed by atoms with Crippen molar-refractivity contribution in [2.75, 3.05) is 0 Å². The van der Waals surface area contributed by atoms with Crippen LogP contribution in [-0.2, 0) is 6.61 Å². The highest BCUT2D eigenvalue weighted by molar-refractivity contribution is 6.31. The van der Waals surface area contributed by atoms with Crippen molar-refractivity contribution in [1.29, 1.82) is 0 Å². The summed E-state index contributed by atoms with van der Waals surface area (Å²) in [4.78, 5) is 0. The number of aromatic nitrogens is 2. The van der Waals surface area contributed by atoms with Gasteiger partial charge in [0.25, 0.3) is 0 Å². The molecule has 0 bridgehead atoms. The molecule has 1 aromatic carbocycles. The van der Waals surface area contributed by atoms with Gasteiger partial charge in [-0.3, -0.25) is 0 Å². The van der Waals surface area contributed by atoms with Crippen molar-refractivity contribution < 1.29 is 4.74 Å². The molecule has 0 amide bonds. The van der Waals surface area contributed by atoms with Gasteiger partial charge in [0.15, 0.2) is 5.75 Å². The summed E-state index contributed by atoms with van der Waals surface area (Å²) in [6.45, 7) is 0.478. The number of halogens is 1. The third-order valence-electron chi connectivity index (χ3n) is 1.89. The Morgan fingerprint density at radius 2 is 1.80 bits per heavy atom. The number of nitrogens with zero attached hydrogens (tertiary/aromatic N) is 2. The van der Waals surface area contributed by atoms with E-state index >= 15 is 0 Å². The fraction of sp³-hybridized carbons (Fsp3) is 0.0909. The van der Waals surface area contributed by atoms with E-state index in [9.17, 15) is 0 Å². The Balaban J connectivity index is 2.03. The molecule has 0 radical (unpaired) electrons. The fourth-order valence-corrected chi connectivity index (χ4v) is 1.28. The van der Waals surface area contributed by atoms with Crippen LogP contribution in [0.25, 0.3) is 0 Å². The highest BCUT2D eigenvalue weighted by atomic mass is 35.5. The minimum Gasteiger partial charge on any atom is -0.486 e. The predicted octanol–water partition coefficient (Wildman–Crippen LogP) is 2.71. The standard InChI is InChI=1S/C11H9ClN2O/c12-10-6-13-14-7-11(10)15-8-9-4-2-1-3-5-9/h1-7H,8H2. The van der Waals surface area contributed by atoms with Crippen LogP contribution in [0, 0.1) is 0 Å². The molecule has 0 aliphatic rings. The molecule has 2 aromatic rings. The van der Waals surface area contributed by atoms with Gasteiger partial charge in [-0.05, 0) is 5.56 Å². The van der Waals surface area contributed by atoms with Crippen LogP contribution in [0.15, 0.2) is 42.7 Å². The zero-order valence-corrected chi connectivity index (χ0v) is 8.69. The lowest BCUT2D eigenvalue weighted by molar-refractivity contribution is 0.304. The van der Waals surface area contributed by atoms with Gasteiger partial charge in [-0.2, -0.15) is 10.2 Å². The predicted molar refractivity (Wildman–Crippen MR) is 57.8 cm³/mol. The molecule has 0 fully saturated rings. The maximum absolute atomic E-state index is 5.86. The summed E-state index contributed by atoms with van der Waals surface area (Å²) < 4.78 is 5.49. The molecule has 0 saturated carbocycles.